The first-order chi connectivity index (χ1) is 8.52. The SMILES string of the molecule is Cc1cc(C)c(C(=O)C2CCCCC2)c(C)c1Cl. The molecule has 1 aliphatic rings. The van der Waals surface area contributed by atoms with Crippen molar-refractivity contribution >= 4 is 17.4 Å². The van der Waals surface area contributed by atoms with Crippen LogP contribution in [0, 0.1) is 26.7 Å². The van der Waals surface area contributed by atoms with Gasteiger partial charge in [0.25, 0.3) is 0 Å². The Morgan fingerprint density at radius 3 is 2.33 bits per heavy atom. The zero-order valence-corrected chi connectivity index (χ0v) is 12.2. The van der Waals surface area contributed by atoms with E-state index >= 15 is 0 Å². The van der Waals surface area contributed by atoms with Gasteiger partial charge in [-0.15, -0.1) is 0 Å². The summed E-state index contributed by atoms with van der Waals surface area (Å²) in [7, 11) is 0. The fraction of sp³-hybridized carbons (Fsp3) is 0.562. The Morgan fingerprint density at radius 1 is 1.11 bits per heavy atom. The smallest absolute Gasteiger partial charge is 0.166 e. The molecule has 0 bridgehead atoms. The van der Waals surface area contributed by atoms with Crippen molar-refractivity contribution in [2.75, 3.05) is 0 Å². The Morgan fingerprint density at radius 2 is 1.72 bits per heavy atom. The fourth-order valence-electron chi connectivity index (χ4n) is 3.11. The zero-order chi connectivity index (χ0) is 13.3. The molecule has 1 nitrogen and oxygen atoms in total. The van der Waals surface area contributed by atoms with Gasteiger partial charge in [0.05, 0.1) is 0 Å². The molecule has 2 rings (SSSR count). The number of hydrogen-bond acceptors (Lipinski definition) is 1. The Labute approximate surface area is 115 Å². The lowest BCUT2D eigenvalue weighted by atomic mass is 9.81. The second-order valence-electron chi connectivity index (χ2n) is 5.52. The van der Waals surface area contributed by atoms with E-state index in [2.05, 4.69) is 0 Å². The third-order valence-corrected chi connectivity index (χ3v) is 4.68. The molecule has 0 N–H and O–H groups in total. The predicted octanol–water partition coefficient (Wildman–Crippen LogP) is 5.03. The van der Waals surface area contributed by atoms with Gasteiger partial charge in [-0.3, -0.25) is 4.79 Å². The zero-order valence-electron chi connectivity index (χ0n) is 11.5. The van der Waals surface area contributed by atoms with E-state index < -0.39 is 0 Å². The molecule has 0 unspecified atom stereocenters. The lowest BCUT2D eigenvalue weighted by Gasteiger charge is -2.22. The number of rotatable bonds is 2. The molecule has 0 heterocycles. The first-order valence-electron chi connectivity index (χ1n) is 6.83. The number of carbonyl (C=O) groups is 1. The van der Waals surface area contributed by atoms with Crippen molar-refractivity contribution in [1.29, 1.82) is 0 Å². The first-order valence-corrected chi connectivity index (χ1v) is 7.20. The normalized spacial score (nSPS) is 16.9. The molecule has 0 spiro atoms. The van der Waals surface area contributed by atoms with E-state index in [9.17, 15) is 4.79 Å². The summed E-state index contributed by atoms with van der Waals surface area (Å²) in [5.41, 5.74) is 3.97. The van der Waals surface area contributed by atoms with Crippen molar-refractivity contribution in [2.24, 2.45) is 5.92 Å². The molecule has 1 aromatic rings. The maximum Gasteiger partial charge on any atom is 0.166 e. The summed E-state index contributed by atoms with van der Waals surface area (Å²) in [5.74, 6) is 0.529. The average Bonchev–Trinajstić information content (AvgIpc) is 2.37. The van der Waals surface area contributed by atoms with Crippen LogP contribution in [0.2, 0.25) is 5.02 Å². The molecular weight excluding hydrogens is 244 g/mol. The van der Waals surface area contributed by atoms with Crippen LogP contribution in [0.4, 0.5) is 0 Å². The van der Waals surface area contributed by atoms with E-state index in [-0.39, 0.29) is 5.92 Å². The molecule has 1 fully saturated rings. The highest BCUT2D eigenvalue weighted by molar-refractivity contribution is 6.32. The average molecular weight is 265 g/mol. The van der Waals surface area contributed by atoms with Gasteiger partial charge in [-0.2, -0.15) is 0 Å². The predicted molar refractivity (Wildman–Crippen MR) is 76.6 cm³/mol. The molecule has 1 saturated carbocycles. The van der Waals surface area contributed by atoms with Crippen LogP contribution in [-0.2, 0) is 0 Å². The molecule has 98 valence electrons. The van der Waals surface area contributed by atoms with Crippen LogP contribution >= 0.6 is 11.6 Å². The summed E-state index contributed by atoms with van der Waals surface area (Å²) in [6.07, 6.45) is 5.74. The standard InChI is InChI=1S/C16H21ClO/c1-10-9-11(2)15(17)12(3)14(10)16(18)13-7-5-4-6-8-13/h9,13H,4-8H2,1-3H3. The van der Waals surface area contributed by atoms with Gasteiger partial charge in [0, 0.05) is 16.5 Å². The van der Waals surface area contributed by atoms with Gasteiger partial charge < -0.3 is 0 Å². The van der Waals surface area contributed by atoms with Crippen LogP contribution in [0.15, 0.2) is 6.07 Å². The number of hydrogen-bond donors (Lipinski definition) is 0. The van der Waals surface area contributed by atoms with Gasteiger partial charge in [0.2, 0.25) is 0 Å². The highest BCUT2D eigenvalue weighted by Crippen LogP contribution is 2.32. The summed E-state index contributed by atoms with van der Waals surface area (Å²) in [6, 6.07) is 2.03. The number of Topliss-reactive ketones (excluding diaryl/α,β-unsaturated/α-hetero) is 1. The number of aryl methyl sites for hydroxylation is 2. The number of carbonyl (C=O) groups excluding carboxylic acids is 1. The molecule has 1 aromatic carbocycles. The van der Waals surface area contributed by atoms with Gasteiger partial charge >= 0.3 is 0 Å². The molecule has 18 heavy (non-hydrogen) atoms. The van der Waals surface area contributed by atoms with Crippen molar-refractivity contribution in [3.8, 4) is 0 Å². The third-order valence-electron chi connectivity index (χ3n) is 4.10. The summed E-state index contributed by atoms with van der Waals surface area (Å²) >= 11 is 6.29. The van der Waals surface area contributed by atoms with Gasteiger partial charge in [0.15, 0.2) is 5.78 Å². The summed E-state index contributed by atoms with van der Waals surface area (Å²) in [4.78, 5) is 12.6. The van der Waals surface area contributed by atoms with Crippen LogP contribution < -0.4 is 0 Å². The summed E-state index contributed by atoms with van der Waals surface area (Å²) in [6.45, 7) is 5.99. The van der Waals surface area contributed by atoms with E-state index in [1.807, 2.05) is 26.8 Å². The van der Waals surface area contributed by atoms with Crippen LogP contribution in [0.25, 0.3) is 0 Å². The number of halogens is 1. The van der Waals surface area contributed by atoms with Crippen molar-refractivity contribution in [2.45, 2.75) is 52.9 Å². The minimum atomic E-state index is 0.218. The highest BCUT2D eigenvalue weighted by atomic mass is 35.5. The third kappa shape index (κ3) is 2.47. The van der Waals surface area contributed by atoms with E-state index in [0.29, 0.717) is 5.78 Å². The van der Waals surface area contributed by atoms with Crippen LogP contribution in [0.5, 0.6) is 0 Å². The monoisotopic (exact) mass is 264 g/mol. The Balaban J connectivity index is 2.38. The van der Waals surface area contributed by atoms with Gasteiger partial charge in [-0.1, -0.05) is 36.9 Å². The molecule has 2 heteroatoms. The lowest BCUT2D eigenvalue weighted by molar-refractivity contribution is 0.0888. The molecule has 0 atom stereocenters. The molecule has 1 aliphatic carbocycles. The van der Waals surface area contributed by atoms with Gasteiger partial charge in [-0.25, -0.2) is 0 Å². The molecule has 0 saturated heterocycles. The van der Waals surface area contributed by atoms with Gasteiger partial charge in [-0.05, 0) is 50.3 Å². The summed E-state index contributed by atoms with van der Waals surface area (Å²) in [5, 5.41) is 0.750. The van der Waals surface area contributed by atoms with Crippen molar-refractivity contribution in [1.82, 2.24) is 0 Å². The first kappa shape index (κ1) is 13.6. The van der Waals surface area contributed by atoms with E-state index in [4.69, 9.17) is 11.6 Å². The van der Waals surface area contributed by atoms with Gasteiger partial charge in [0.1, 0.15) is 0 Å². The molecule has 0 aliphatic heterocycles. The quantitative estimate of drug-likeness (QED) is 0.685. The molecule has 0 amide bonds. The van der Waals surface area contributed by atoms with E-state index in [0.717, 1.165) is 40.1 Å². The highest BCUT2D eigenvalue weighted by Gasteiger charge is 2.25. The van der Waals surface area contributed by atoms with E-state index in [1.165, 1.54) is 19.3 Å². The lowest BCUT2D eigenvalue weighted by Crippen LogP contribution is -2.20. The van der Waals surface area contributed by atoms with Crippen molar-refractivity contribution < 1.29 is 4.79 Å². The maximum atomic E-state index is 12.6. The minimum Gasteiger partial charge on any atom is -0.294 e. The Hall–Kier alpha value is -0.820. The molecular formula is C16H21ClO. The number of benzene rings is 1. The second-order valence-corrected chi connectivity index (χ2v) is 5.90. The van der Waals surface area contributed by atoms with Crippen LogP contribution in [0.1, 0.15) is 59.2 Å². The van der Waals surface area contributed by atoms with Crippen molar-refractivity contribution in [3.63, 3.8) is 0 Å². The minimum absolute atomic E-state index is 0.218. The fourth-order valence-corrected chi connectivity index (χ4v) is 3.26. The van der Waals surface area contributed by atoms with Crippen molar-refractivity contribution in [3.05, 3.63) is 33.3 Å². The van der Waals surface area contributed by atoms with E-state index in [1.54, 1.807) is 0 Å². The second kappa shape index (κ2) is 5.44. The van der Waals surface area contributed by atoms with Crippen LogP contribution in [-0.4, -0.2) is 5.78 Å². The summed E-state index contributed by atoms with van der Waals surface area (Å²) < 4.78 is 0. The molecule has 0 radical (unpaired) electrons. The topological polar surface area (TPSA) is 17.1 Å². The number of ketones is 1. The Kier molecular flexibility index (Phi) is 4.11. The molecule has 0 aromatic heterocycles. The largest absolute Gasteiger partial charge is 0.294 e. The maximum absolute atomic E-state index is 12.6. The van der Waals surface area contributed by atoms with Crippen LogP contribution in [0.3, 0.4) is 0 Å². The Bertz CT molecular complexity index is 470.